The quantitative estimate of drug-likeness (QED) is 0.380. The van der Waals surface area contributed by atoms with Gasteiger partial charge in [-0.15, -0.1) is 0 Å². The van der Waals surface area contributed by atoms with Crippen LogP contribution >= 0.6 is 23.4 Å². The minimum atomic E-state index is -0.545. The summed E-state index contributed by atoms with van der Waals surface area (Å²) in [6.07, 6.45) is 8.44. The summed E-state index contributed by atoms with van der Waals surface area (Å²) in [7, 11) is 1.30. The monoisotopic (exact) mass is 425 g/mol. The number of aryl methyl sites for hydroxylation is 1. The number of thioether (sulfide) groups is 1. The Hall–Kier alpha value is -1.66. The Morgan fingerprint density at radius 3 is 2.64 bits per heavy atom. The zero-order valence-electron chi connectivity index (χ0n) is 16.5. The zero-order chi connectivity index (χ0) is 20.4. The second-order valence-corrected chi connectivity index (χ2v) is 8.10. The summed E-state index contributed by atoms with van der Waals surface area (Å²) in [5.74, 6) is -0.0851. The Labute approximate surface area is 176 Å². The number of hydrogen-bond acceptors (Lipinski definition) is 6. The van der Waals surface area contributed by atoms with Gasteiger partial charge in [0.2, 0.25) is 5.78 Å². The topological polar surface area (TPSA) is 64.6 Å². The van der Waals surface area contributed by atoms with Gasteiger partial charge in [0.1, 0.15) is 23.4 Å². The molecule has 154 valence electrons. The maximum atomic E-state index is 12.2. The molecule has 0 saturated carbocycles. The largest absolute Gasteiger partial charge is 0.486 e. The normalized spacial score (nSPS) is 15.7. The first kappa shape index (κ1) is 22.6. The zero-order valence-corrected chi connectivity index (χ0v) is 18.0. The van der Waals surface area contributed by atoms with Crippen LogP contribution in [0.5, 0.6) is 5.75 Å². The number of esters is 1. The number of rotatable bonds is 12. The number of halogens is 1. The number of methoxy groups -OCH3 is 1. The van der Waals surface area contributed by atoms with E-state index in [4.69, 9.17) is 16.3 Å². The molecule has 0 aliphatic carbocycles. The molecule has 1 aromatic carbocycles. The van der Waals surface area contributed by atoms with E-state index >= 15 is 0 Å². The van der Waals surface area contributed by atoms with Crippen molar-refractivity contribution in [2.45, 2.75) is 57.2 Å². The van der Waals surface area contributed by atoms with Crippen molar-refractivity contribution in [1.29, 1.82) is 0 Å². The smallest absolute Gasteiger partial charge is 0.354 e. The van der Waals surface area contributed by atoms with Gasteiger partial charge in [0.25, 0.3) is 0 Å². The third-order valence-electron chi connectivity index (χ3n) is 4.51. The first-order valence-electron chi connectivity index (χ1n) is 9.69. The minimum absolute atomic E-state index is 0.0972. The summed E-state index contributed by atoms with van der Waals surface area (Å²) in [5, 5.41) is 4.54. The Balaban J connectivity index is 1.74. The molecule has 2 rings (SSSR count). The maximum Gasteiger partial charge on any atom is 0.354 e. The summed E-state index contributed by atoms with van der Waals surface area (Å²) < 4.78 is 10.2. The lowest BCUT2D eigenvalue weighted by atomic mass is 10.0. The third kappa shape index (κ3) is 7.06. The summed E-state index contributed by atoms with van der Waals surface area (Å²) >= 11 is 7.59. The Kier molecular flexibility index (Phi) is 9.71. The molecule has 1 atom stereocenters. The highest BCUT2D eigenvalue weighted by Gasteiger charge is 2.27. The molecule has 28 heavy (non-hydrogen) atoms. The number of ether oxygens (including phenoxy) is 2. The van der Waals surface area contributed by atoms with Crippen molar-refractivity contribution in [2.24, 2.45) is 0 Å². The molecular formula is C21H28ClNO4S. The van der Waals surface area contributed by atoms with Crippen molar-refractivity contribution in [3.8, 4) is 5.75 Å². The molecule has 1 aliphatic rings. The maximum absolute atomic E-state index is 12.2. The average Bonchev–Trinajstić information content (AvgIpc) is 3.19. The third-order valence-corrected chi connectivity index (χ3v) is 5.89. The molecule has 0 radical (unpaired) electrons. The summed E-state index contributed by atoms with van der Waals surface area (Å²) in [6.45, 7) is 2.12. The fourth-order valence-corrected chi connectivity index (χ4v) is 3.98. The molecule has 5 nitrogen and oxygen atoms in total. The second-order valence-electron chi connectivity index (χ2n) is 6.71. The molecule has 0 bridgehead atoms. The van der Waals surface area contributed by atoms with E-state index < -0.39 is 11.3 Å². The molecule has 0 aromatic heterocycles. The van der Waals surface area contributed by atoms with Gasteiger partial charge < -0.3 is 14.8 Å². The van der Waals surface area contributed by atoms with Gasteiger partial charge in [0, 0.05) is 10.4 Å². The molecule has 1 N–H and O–H groups in total. The fraction of sp³-hybridized carbons (Fsp3) is 0.524. The SMILES string of the molecule is CCCCCCCCc1ccc(OCC(=O)C2NC(C(=O)OC)=CS2)cc1Cl. The van der Waals surface area contributed by atoms with E-state index in [1.807, 2.05) is 12.1 Å². The minimum Gasteiger partial charge on any atom is -0.486 e. The van der Waals surface area contributed by atoms with Crippen LogP contribution < -0.4 is 10.1 Å². The molecular weight excluding hydrogens is 398 g/mol. The Bertz CT molecular complexity index is 708. The van der Waals surface area contributed by atoms with E-state index in [0.29, 0.717) is 10.8 Å². The summed E-state index contributed by atoms with van der Waals surface area (Å²) in [4.78, 5) is 23.7. The number of nitrogens with one attached hydrogen (secondary N) is 1. The first-order valence-corrected chi connectivity index (χ1v) is 11.0. The van der Waals surface area contributed by atoms with Gasteiger partial charge in [-0.1, -0.05) is 68.5 Å². The van der Waals surface area contributed by atoms with Gasteiger partial charge in [0.05, 0.1) is 7.11 Å². The van der Waals surface area contributed by atoms with Crippen LogP contribution in [0, 0.1) is 0 Å². The van der Waals surface area contributed by atoms with Crippen LogP contribution in [0.15, 0.2) is 29.3 Å². The van der Waals surface area contributed by atoms with Crippen LogP contribution in [0.4, 0.5) is 0 Å². The number of ketones is 1. The van der Waals surface area contributed by atoms with Crippen LogP contribution in [0.2, 0.25) is 5.02 Å². The van der Waals surface area contributed by atoms with Gasteiger partial charge in [-0.25, -0.2) is 4.79 Å². The average molecular weight is 426 g/mol. The van der Waals surface area contributed by atoms with E-state index in [1.165, 1.54) is 51.0 Å². The number of Topliss-reactive ketones (excluding diaryl/α,β-unsaturated/α-hetero) is 1. The number of carbonyl (C=O) groups excluding carboxylic acids is 2. The Morgan fingerprint density at radius 1 is 1.18 bits per heavy atom. The van der Waals surface area contributed by atoms with E-state index in [1.54, 1.807) is 11.5 Å². The predicted molar refractivity (Wildman–Crippen MR) is 114 cm³/mol. The van der Waals surface area contributed by atoms with E-state index in [2.05, 4.69) is 17.0 Å². The van der Waals surface area contributed by atoms with E-state index in [9.17, 15) is 9.59 Å². The van der Waals surface area contributed by atoms with Crippen molar-refractivity contribution >= 4 is 35.1 Å². The molecule has 1 aliphatic heterocycles. The van der Waals surface area contributed by atoms with Gasteiger partial charge in [-0.2, -0.15) is 0 Å². The highest BCUT2D eigenvalue weighted by molar-refractivity contribution is 8.03. The van der Waals surface area contributed by atoms with E-state index in [0.717, 1.165) is 18.4 Å². The lowest BCUT2D eigenvalue weighted by Gasteiger charge is -2.13. The first-order chi connectivity index (χ1) is 13.5. The van der Waals surface area contributed by atoms with Gasteiger partial charge in [-0.05, 0) is 30.5 Å². The molecule has 0 amide bonds. The highest BCUT2D eigenvalue weighted by Crippen LogP contribution is 2.26. The molecule has 1 heterocycles. The standard InChI is InChI=1S/C21H28ClNO4S/c1-3-4-5-6-7-8-9-15-10-11-16(12-17(15)22)27-13-19(24)20-23-18(14-28-20)21(25)26-2/h10-12,14,20,23H,3-9,13H2,1-2H3. The Morgan fingerprint density at radius 2 is 1.93 bits per heavy atom. The molecule has 0 saturated heterocycles. The van der Waals surface area contributed by atoms with Crippen LogP contribution in [-0.2, 0) is 20.7 Å². The summed E-state index contributed by atoms with van der Waals surface area (Å²) in [6, 6.07) is 5.57. The summed E-state index contributed by atoms with van der Waals surface area (Å²) in [5.41, 5.74) is 1.39. The van der Waals surface area contributed by atoms with Crippen molar-refractivity contribution in [3.63, 3.8) is 0 Å². The van der Waals surface area contributed by atoms with E-state index in [-0.39, 0.29) is 18.1 Å². The van der Waals surface area contributed by atoms with Crippen LogP contribution in [0.3, 0.4) is 0 Å². The van der Waals surface area contributed by atoms with Gasteiger partial charge in [0.15, 0.2) is 0 Å². The van der Waals surface area contributed by atoms with Crippen molar-refractivity contribution in [3.05, 3.63) is 39.9 Å². The predicted octanol–water partition coefficient (Wildman–Crippen LogP) is 4.87. The fourth-order valence-electron chi connectivity index (χ4n) is 2.87. The second kappa shape index (κ2) is 12.0. The van der Waals surface area contributed by atoms with Crippen LogP contribution in [0.25, 0.3) is 0 Å². The number of unbranched alkanes of at least 4 members (excludes halogenated alkanes) is 5. The molecule has 1 aromatic rings. The molecule has 0 fully saturated rings. The van der Waals surface area contributed by atoms with Crippen LogP contribution in [-0.4, -0.2) is 30.8 Å². The number of carbonyl (C=O) groups is 2. The number of benzene rings is 1. The lowest BCUT2D eigenvalue weighted by molar-refractivity contribution is -0.136. The van der Waals surface area contributed by atoms with Crippen LogP contribution in [0.1, 0.15) is 51.0 Å². The van der Waals surface area contributed by atoms with Gasteiger partial charge in [-0.3, -0.25) is 4.79 Å². The van der Waals surface area contributed by atoms with Crippen molar-refractivity contribution in [2.75, 3.05) is 13.7 Å². The molecule has 7 heteroatoms. The lowest BCUT2D eigenvalue weighted by Crippen LogP contribution is -2.35. The number of hydrogen-bond donors (Lipinski definition) is 1. The van der Waals surface area contributed by atoms with Crippen molar-refractivity contribution in [1.82, 2.24) is 5.32 Å². The van der Waals surface area contributed by atoms with Gasteiger partial charge >= 0.3 is 5.97 Å². The molecule has 1 unspecified atom stereocenters. The van der Waals surface area contributed by atoms with Crippen molar-refractivity contribution < 1.29 is 19.1 Å². The highest BCUT2D eigenvalue weighted by atomic mass is 35.5. The molecule has 0 spiro atoms.